The second-order valence-corrected chi connectivity index (χ2v) is 13.0. The van der Waals surface area contributed by atoms with Gasteiger partial charge >= 0.3 is 5.97 Å². The van der Waals surface area contributed by atoms with Crippen LogP contribution in [0.2, 0.25) is 5.02 Å². The summed E-state index contributed by atoms with van der Waals surface area (Å²) in [6.45, 7) is 6.49. The molecule has 0 aliphatic carbocycles. The molecule has 222 valence electrons. The molecule has 1 aromatic heterocycles. The van der Waals surface area contributed by atoms with Gasteiger partial charge < -0.3 is 14.2 Å². The number of fused-ring (bicyclic) bond motifs is 1. The minimum atomic E-state index is -0.722. The van der Waals surface area contributed by atoms with Crippen LogP contribution in [0.4, 0.5) is 0 Å². The maximum absolute atomic E-state index is 14.1. The van der Waals surface area contributed by atoms with Gasteiger partial charge in [-0.1, -0.05) is 63.1 Å². The molecule has 1 aliphatic rings. The molecular formula is C32H27BrClIN2O5S. The van der Waals surface area contributed by atoms with E-state index in [0.717, 1.165) is 19.2 Å². The van der Waals surface area contributed by atoms with E-state index in [9.17, 15) is 9.59 Å². The van der Waals surface area contributed by atoms with Gasteiger partial charge in [-0.15, -0.1) is 0 Å². The van der Waals surface area contributed by atoms with Gasteiger partial charge in [-0.25, -0.2) is 9.79 Å². The van der Waals surface area contributed by atoms with Gasteiger partial charge in [0, 0.05) is 15.1 Å². The van der Waals surface area contributed by atoms with Gasteiger partial charge in [-0.2, -0.15) is 0 Å². The first-order valence-electron chi connectivity index (χ1n) is 13.5. The molecule has 5 rings (SSSR count). The lowest BCUT2D eigenvalue weighted by Crippen LogP contribution is -2.39. The first-order valence-corrected chi connectivity index (χ1v) is 16.6. The molecule has 0 bridgehead atoms. The van der Waals surface area contributed by atoms with Gasteiger partial charge in [0.1, 0.15) is 18.1 Å². The highest BCUT2D eigenvalue weighted by molar-refractivity contribution is 14.1. The molecule has 1 aliphatic heterocycles. The number of benzene rings is 3. The SMILES string of the molecule is CCOC(=O)C1=C(C)N=c2s/c(=C\c3cc(Cl)cc(I)c3OCc3ccc(Br)cc3)c(=O)n2[C@@H]1c1ccc(OCC)cc1. The molecule has 11 heteroatoms. The van der Waals surface area contributed by atoms with Gasteiger partial charge in [-0.3, -0.25) is 9.36 Å². The van der Waals surface area contributed by atoms with Crippen molar-refractivity contribution in [2.45, 2.75) is 33.4 Å². The fourth-order valence-electron chi connectivity index (χ4n) is 4.74. The Balaban J connectivity index is 1.63. The molecule has 3 aromatic carbocycles. The van der Waals surface area contributed by atoms with E-state index in [0.29, 0.717) is 55.9 Å². The van der Waals surface area contributed by atoms with Gasteiger partial charge in [0.05, 0.1) is 38.6 Å². The molecule has 0 spiro atoms. The van der Waals surface area contributed by atoms with Crippen molar-refractivity contribution >= 4 is 73.5 Å². The lowest BCUT2D eigenvalue weighted by molar-refractivity contribution is -0.139. The van der Waals surface area contributed by atoms with Crippen molar-refractivity contribution in [3.63, 3.8) is 0 Å². The minimum Gasteiger partial charge on any atom is -0.494 e. The highest BCUT2D eigenvalue weighted by atomic mass is 127. The number of nitrogens with zero attached hydrogens (tertiary/aromatic N) is 2. The summed E-state index contributed by atoms with van der Waals surface area (Å²) in [6.07, 6.45) is 1.77. The van der Waals surface area contributed by atoms with Crippen molar-refractivity contribution in [3.05, 3.63) is 121 Å². The fraction of sp³-hybridized carbons (Fsp3) is 0.219. The van der Waals surface area contributed by atoms with E-state index in [4.69, 9.17) is 25.8 Å². The van der Waals surface area contributed by atoms with Crippen LogP contribution < -0.4 is 24.4 Å². The number of hydrogen-bond acceptors (Lipinski definition) is 7. The lowest BCUT2D eigenvalue weighted by atomic mass is 9.96. The molecule has 0 unspecified atom stereocenters. The monoisotopic (exact) mass is 792 g/mol. The zero-order valence-corrected chi connectivity index (χ0v) is 28.8. The summed E-state index contributed by atoms with van der Waals surface area (Å²) in [4.78, 5) is 32.4. The highest BCUT2D eigenvalue weighted by Crippen LogP contribution is 2.33. The third kappa shape index (κ3) is 6.92. The smallest absolute Gasteiger partial charge is 0.338 e. The standard InChI is InChI=1S/C32H27BrClIN2O5S/c1-4-40-24-12-8-20(9-13-24)28-27(31(39)41-5-2)18(3)36-32-37(28)30(38)26(43-32)15-21-14-23(34)16-25(35)29(21)42-17-19-6-10-22(33)11-7-19/h6-16,28H,4-5,17H2,1-3H3/b26-15-/t28-/m1/s1. The summed E-state index contributed by atoms with van der Waals surface area (Å²) in [7, 11) is 0. The van der Waals surface area contributed by atoms with Crippen molar-refractivity contribution < 1.29 is 19.0 Å². The number of rotatable bonds is 9. The molecule has 0 saturated heterocycles. The molecule has 0 radical (unpaired) electrons. The Morgan fingerprint density at radius 1 is 1.09 bits per heavy atom. The number of hydrogen-bond donors (Lipinski definition) is 0. The Bertz CT molecular complexity index is 1880. The molecule has 0 N–H and O–H groups in total. The number of halogens is 3. The van der Waals surface area contributed by atoms with Crippen LogP contribution in [0.1, 0.15) is 43.5 Å². The van der Waals surface area contributed by atoms with E-state index >= 15 is 0 Å². The summed E-state index contributed by atoms with van der Waals surface area (Å²) >= 11 is 13.3. The fourth-order valence-corrected chi connectivity index (χ4v) is 7.25. The van der Waals surface area contributed by atoms with Gasteiger partial charge in [0.25, 0.3) is 5.56 Å². The average Bonchev–Trinajstić information content (AvgIpc) is 3.27. The third-order valence-corrected chi connectivity index (χ3v) is 9.18. The lowest BCUT2D eigenvalue weighted by Gasteiger charge is -2.24. The number of esters is 1. The van der Waals surface area contributed by atoms with Crippen molar-refractivity contribution in [1.82, 2.24) is 4.57 Å². The topological polar surface area (TPSA) is 79.1 Å². The second kappa shape index (κ2) is 13.8. The predicted molar refractivity (Wildman–Crippen MR) is 181 cm³/mol. The summed E-state index contributed by atoms with van der Waals surface area (Å²) < 4.78 is 21.1. The van der Waals surface area contributed by atoms with Crippen LogP contribution in [0.15, 0.2) is 86.2 Å². The van der Waals surface area contributed by atoms with E-state index in [1.807, 2.05) is 61.5 Å². The number of ether oxygens (including phenoxy) is 3. The van der Waals surface area contributed by atoms with Crippen molar-refractivity contribution in [2.24, 2.45) is 4.99 Å². The minimum absolute atomic E-state index is 0.201. The Morgan fingerprint density at radius 3 is 2.49 bits per heavy atom. The summed E-state index contributed by atoms with van der Waals surface area (Å²) in [6, 6.07) is 18.1. The van der Waals surface area contributed by atoms with E-state index in [2.05, 4.69) is 43.5 Å². The van der Waals surface area contributed by atoms with Gasteiger partial charge in [0.2, 0.25) is 0 Å². The number of allylic oxidation sites excluding steroid dienone is 1. The highest BCUT2D eigenvalue weighted by Gasteiger charge is 2.33. The second-order valence-electron chi connectivity index (χ2n) is 9.53. The molecule has 7 nitrogen and oxygen atoms in total. The van der Waals surface area contributed by atoms with Crippen LogP contribution >= 0.6 is 61.5 Å². The molecule has 0 fully saturated rings. The van der Waals surface area contributed by atoms with Crippen molar-refractivity contribution in [2.75, 3.05) is 13.2 Å². The van der Waals surface area contributed by atoms with Crippen LogP contribution in [0.3, 0.4) is 0 Å². The number of aromatic nitrogens is 1. The van der Waals surface area contributed by atoms with Crippen LogP contribution in [-0.4, -0.2) is 23.8 Å². The summed E-state index contributed by atoms with van der Waals surface area (Å²) in [5.74, 6) is 0.804. The first-order chi connectivity index (χ1) is 20.7. The zero-order valence-electron chi connectivity index (χ0n) is 23.5. The van der Waals surface area contributed by atoms with Crippen LogP contribution in [0.25, 0.3) is 6.08 Å². The molecule has 0 amide bonds. The van der Waals surface area contributed by atoms with Crippen LogP contribution in [-0.2, 0) is 16.1 Å². The van der Waals surface area contributed by atoms with Gasteiger partial charge in [0.15, 0.2) is 4.80 Å². The molecular weight excluding hydrogens is 767 g/mol. The van der Waals surface area contributed by atoms with Gasteiger partial charge in [-0.05, 0) is 97.0 Å². The van der Waals surface area contributed by atoms with E-state index in [1.165, 1.54) is 11.3 Å². The van der Waals surface area contributed by atoms with Crippen LogP contribution in [0, 0.1) is 3.57 Å². The summed E-state index contributed by atoms with van der Waals surface area (Å²) in [5.41, 5.74) is 2.94. The third-order valence-electron chi connectivity index (χ3n) is 6.64. The van der Waals surface area contributed by atoms with Crippen LogP contribution in [0.5, 0.6) is 11.5 Å². The molecule has 0 saturated carbocycles. The maximum Gasteiger partial charge on any atom is 0.338 e. The molecule has 2 heterocycles. The van der Waals surface area contributed by atoms with E-state index in [-0.39, 0.29) is 12.2 Å². The normalized spacial score (nSPS) is 14.7. The predicted octanol–water partition coefficient (Wildman–Crippen LogP) is 6.80. The Labute approximate surface area is 279 Å². The molecule has 43 heavy (non-hydrogen) atoms. The van der Waals surface area contributed by atoms with E-state index < -0.39 is 12.0 Å². The molecule has 1 atom stereocenters. The Kier molecular flexibility index (Phi) is 10.1. The zero-order chi connectivity index (χ0) is 30.7. The first kappa shape index (κ1) is 31.5. The quantitative estimate of drug-likeness (QED) is 0.138. The number of carbonyl (C=O) groups excluding carboxylic acids is 1. The maximum atomic E-state index is 14.1. The average molecular weight is 794 g/mol. The number of carbonyl (C=O) groups is 1. The van der Waals surface area contributed by atoms with Crippen molar-refractivity contribution in [1.29, 1.82) is 0 Å². The largest absolute Gasteiger partial charge is 0.494 e. The van der Waals surface area contributed by atoms with Crippen molar-refractivity contribution in [3.8, 4) is 11.5 Å². The Hall–Kier alpha value is -2.93. The summed E-state index contributed by atoms with van der Waals surface area (Å²) in [5, 5.41) is 0.520. The van der Waals surface area contributed by atoms with E-state index in [1.54, 1.807) is 30.6 Å². The Morgan fingerprint density at radius 2 is 1.81 bits per heavy atom. The number of thiazole rings is 1. The molecule has 4 aromatic rings.